The highest BCUT2D eigenvalue weighted by molar-refractivity contribution is 7.92. The molecule has 2 heterocycles. The molecule has 0 aliphatic heterocycles. The lowest BCUT2D eigenvalue weighted by Gasteiger charge is -2.16. The van der Waals surface area contributed by atoms with E-state index in [0.29, 0.717) is 41.9 Å². The van der Waals surface area contributed by atoms with Gasteiger partial charge in [-0.2, -0.15) is 0 Å². The number of imidazole rings is 1. The van der Waals surface area contributed by atoms with E-state index >= 15 is 0 Å². The van der Waals surface area contributed by atoms with E-state index in [0.717, 1.165) is 41.1 Å². The number of ketones is 1. The number of benzene rings is 2. The Balaban J connectivity index is 1.75. The first kappa shape index (κ1) is 28.3. The van der Waals surface area contributed by atoms with Crippen LogP contribution in [0.2, 0.25) is 0 Å². The molecule has 0 amide bonds. The quantitative estimate of drug-likeness (QED) is 0.221. The summed E-state index contributed by atoms with van der Waals surface area (Å²) in [6.45, 7) is 11.8. The number of carbonyl (C=O) groups is 1. The van der Waals surface area contributed by atoms with Crippen LogP contribution in [0, 0.1) is 13.8 Å². The van der Waals surface area contributed by atoms with Gasteiger partial charge in [-0.3, -0.25) is 4.79 Å². The highest BCUT2D eigenvalue weighted by atomic mass is 32.2. The molecule has 206 valence electrons. The summed E-state index contributed by atoms with van der Waals surface area (Å²) in [6.07, 6.45) is 3.13. The van der Waals surface area contributed by atoms with Gasteiger partial charge >= 0.3 is 0 Å². The van der Waals surface area contributed by atoms with Crippen LogP contribution in [0.5, 0.6) is 0 Å². The molecule has 1 N–H and O–H groups in total. The highest BCUT2D eigenvalue weighted by Crippen LogP contribution is 2.33. The Hall–Kier alpha value is -3.72. The van der Waals surface area contributed by atoms with Gasteiger partial charge < -0.3 is 9.09 Å². The zero-order chi connectivity index (χ0) is 28.3. The number of rotatable bonds is 11. The van der Waals surface area contributed by atoms with E-state index in [4.69, 9.17) is 9.51 Å². The maximum absolute atomic E-state index is 13.5. The molecule has 2 aromatic heterocycles. The van der Waals surface area contributed by atoms with Gasteiger partial charge in [-0.25, -0.2) is 18.1 Å². The molecule has 0 radical (unpaired) electrons. The van der Waals surface area contributed by atoms with Gasteiger partial charge in [0.2, 0.25) is 5.88 Å². The summed E-state index contributed by atoms with van der Waals surface area (Å²) in [4.78, 5) is 17.5. The third-order valence-electron chi connectivity index (χ3n) is 7.00. The second-order valence-corrected chi connectivity index (χ2v) is 11.4. The predicted octanol–water partition coefficient (Wildman–Crippen LogP) is 6.28. The molecule has 4 rings (SSSR count). The van der Waals surface area contributed by atoms with Crippen molar-refractivity contribution in [2.75, 3.05) is 4.72 Å². The SMILES string of the molecule is CCCc1nc(CC)c(C(C)=O)n1Cc1ccc(-c2ccccc2S(=O)(=O)Nc2onc(C)c2C)c(CC)c1. The number of sulfonamides is 1. The first-order valence-corrected chi connectivity index (χ1v) is 14.9. The summed E-state index contributed by atoms with van der Waals surface area (Å²) in [5.41, 5.74) is 6.27. The number of nitrogens with zero attached hydrogens (tertiary/aromatic N) is 3. The van der Waals surface area contributed by atoms with Crippen LogP contribution >= 0.6 is 0 Å². The number of aryl methyl sites for hydroxylation is 4. The number of carbonyl (C=O) groups excluding carboxylic acids is 1. The van der Waals surface area contributed by atoms with Crippen LogP contribution in [-0.4, -0.2) is 28.9 Å². The lowest BCUT2D eigenvalue weighted by atomic mass is 9.96. The topological polar surface area (TPSA) is 107 Å². The minimum absolute atomic E-state index is 0.0119. The number of aromatic nitrogens is 3. The van der Waals surface area contributed by atoms with Gasteiger partial charge in [0, 0.05) is 31.0 Å². The van der Waals surface area contributed by atoms with Crippen molar-refractivity contribution in [3.05, 3.63) is 82.1 Å². The van der Waals surface area contributed by atoms with Crippen LogP contribution < -0.4 is 4.72 Å². The second kappa shape index (κ2) is 11.6. The van der Waals surface area contributed by atoms with Crippen LogP contribution in [0.25, 0.3) is 11.1 Å². The minimum atomic E-state index is -3.95. The summed E-state index contributed by atoms with van der Waals surface area (Å²) >= 11 is 0. The van der Waals surface area contributed by atoms with E-state index < -0.39 is 10.0 Å². The van der Waals surface area contributed by atoms with Gasteiger partial charge in [-0.1, -0.05) is 62.3 Å². The van der Waals surface area contributed by atoms with E-state index in [1.165, 1.54) is 0 Å². The summed E-state index contributed by atoms with van der Waals surface area (Å²) in [5.74, 6) is 1.05. The first-order valence-electron chi connectivity index (χ1n) is 13.4. The summed E-state index contributed by atoms with van der Waals surface area (Å²) in [6, 6.07) is 13.0. The molecule has 0 aliphatic carbocycles. The van der Waals surface area contributed by atoms with Gasteiger partial charge in [-0.05, 0) is 55.9 Å². The highest BCUT2D eigenvalue weighted by Gasteiger charge is 2.24. The van der Waals surface area contributed by atoms with E-state index in [1.807, 2.05) is 35.8 Å². The fraction of sp³-hybridized carbons (Fsp3) is 0.367. The van der Waals surface area contributed by atoms with Crippen molar-refractivity contribution < 1.29 is 17.7 Å². The number of hydrogen-bond donors (Lipinski definition) is 1. The van der Waals surface area contributed by atoms with E-state index in [1.54, 1.807) is 32.9 Å². The Kier molecular flexibility index (Phi) is 8.39. The molecule has 0 saturated heterocycles. The molecule has 8 nitrogen and oxygen atoms in total. The van der Waals surface area contributed by atoms with Crippen LogP contribution in [0.3, 0.4) is 0 Å². The number of nitrogens with one attached hydrogen (secondary N) is 1. The third-order valence-corrected chi connectivity index (χ3v) is 8.39. The Labute approximate surface area is 230 Å². The van der Waals surface area contributed by atoms with Crippen molar-refractivity contribution in [2.45, 2.75) is 78.7 Å². The fourth-order valence-electron chi connectivity index (χ4n) is 4.87. The molecule has 9 heteroatoms. The van der Waals surface area contributed by atoms with E-state index in [2.05, 4.69) is 29.8 Å². The molecular formula is C30H36N4O4S. The molecule has 0 fully saturated rings. The summed E-state index contributed by atoms with van der Waals surface area (Å²) < 4.78 is 36.7. The van der Waals surface area contributed by atoms with Crippen molar-refractivity contribution in [3.63, 3.8) is 0 Å². The van der Waals surface area contributed by atoms with Crippen molar-refractivity contribution in [1.82, 2.24) is 14.7 Å². The minimum Gasteiger partial charge on any atom is -0.337 e. The second-order valence-electron chi connectivity index (χ2n) is 9.74. The molecule has 2 aromatic carbocycles. The zero-order valence-electron chi connectivity index (χ0n) is 23.5. The lowest BCUT2D eigenvalue weighted by Crippen LogP contribution is -2.15. The van der Waals surface area contributed by atoms with Gasteiger partial charge in [0.05, 0.1) is 16.3 Å². The summed E-state index contributed by atoms with van der Waals surface area (Å²) in [7, 11) is -3.95. The van der Waals surface area contributed by atoms with Crippen molar-refractivity contribution >= 4 is 21.7 Å². The predicted molar refractivity (Wildman–Crippen MR) is 153 cm³/mol. The van der Waals surface area contributed by atoms with Gasteiger partial charge in [0.15, 0.2) is 5.78 Å². The molecule has 0 spiro atoms. The van der Waals surface area contributed by atoms with Crippen molar-refractivity contribution in [1.29, 1.82) is 0 Å². The van der Waals surface area contributed by atoms with Crippen molar-refractivity contribution in [3.8, 4) is 11.1 Å². The Morgan fingerprint density at radius 2 is 1.77 bits per heavy atom. The summed E-state index contributed by atoms with van der Waals surface area (Å²) in [5, 5.41) is 3.86. The van der Waals surface area contributed by atoms with Crippen LogP contribution in [0.4, 0.5) is 5.88 Å². The number of hydrogen-bond acceptors (Lipinski definition) is 6. The van der Waals surface area contributed by atoms with Gasteiger partial charge in [0.25, 0.3) is 10.0 Å². The first-order chi connectivity index (χ1) is 18.6. The maximum atomic E-state index is 13.5. The smallest absolute Gasteiger partial charge is 0.264 e. The number of anilines is 1. The van der Waals surface area contributed by atoms with Crippen LogP contribution in [0.15, 0.2) is 51.9 Å². The molecule has 0 saturated carbocycles. The molecule has 39 heavy (non-hydrogen) atoms. The van der Waals surface area contributed by atoms with Crippen LogP contribution in [-0.2, 0) is 35.8 Å². The lowest BCUT2D eigenvalue weighted by molar-refractivity contribution is 0.100. The zero-order valence-corrected chi connectivity index (χ0v) is 24.3. The average molecular weight is 549 g/mol. The standard InChI is InChI=1S/C30H36N4O4S/c1-7-12-28-31-26(9-3)29(21(6)35)34(28)18-22-15-16-24(23(8-2)17-22)25-13-10-11-14-27(25)39(36,37)33-30-19(4)20(5)32-38-30/h10-11,13-17,33H,7-9,12,18H2,1-6H3. The molecule has 0 bridgehead atoms. The van der Waals surface area contributed by atoms with Crippen molar-refractivity contribution in [2.24, 2.45) is 0 Å². The van der Waals surface area contributed by atoms with Crippen LogP contribution in [0.1, 0.15) is 78.5 Å². The maximum Gasteiger partial charge on any atom is 0.264 e. The van der Waals surface area contributed by atoms with Gasteiger partial charge in [-0.15, -0.1) is 0 Å². The Bertz CT molecular complexity index is 1620. The largest absolute Gasteiger partial charge is 0.337 e. The molecule has 4 aromatic rings. The van der Waals surface area contributed by atoms with E-state index in [-0.39, 0.29) is 16.6 Å². The Morgan fingerprint density at radius 3 is 2.38 bits per heavy atom. The molecule has 0 unspecified atom stereocenters. The van der Waals surface area contributed by atoms with E-state index in [9.17, 15) is 13.2 Å². The fourth-order valence-corrected chi connectivity index (χ4v) is 6.14. The van der Waals surface area contributed by atoms with Gasteiger partial charge in [0.1, 0.15) is 11.5 Å². The normalized spacial score (nSPS) is 11.6. The monoisotopic (exact) mass is 548 g/mol. The molecule has 0 atom stereocenters. The third kappa shape index (κ3) is 5.68. The average Bonchev–Trinajstić information content (AvgIpc) is 3.42. The molecule has 0 aliphatic rings. The number of Topliss-reactive ketones (excluding diaryl/α,β-unsaturated/α-hetero) is 1. The molecular weight excluding hydrogens is 512 g/mol. The Morgan fingerprint density at radius 1 is 1.03 bits per heavy atom.